The average molecular weight is 475 g/mol. The minimum Gasteiger partial charge on any atom is -0.487 e. The topological polar surface area (TPSA) is 51.7 Å². The van der Waals surface area contributed by atoms with Crippen LogP contribution >= 0.6 is 23.1 Å². The average Bonchev–Trinajstić information content (AvgIpc) is 3.15. The monoisotopic (exact) mass is 474 g/mol. The van der Waals surface area contributed by atoms with Gasteiger partial charge < -0.3 is 9.57 Å². The summed E-state index contributed by atoms with van der Waals surface area (Å²) in [6.07, 6.45) is 1.70. The number of ether oxygens (including phenoxy) is 1. The van der Waals surface area contributed by atoms with E-state index in [9.17, 15) is 18.0 Å². The Morgan fingerprint density at radius 2 is 1.84 bits per heavy atom. The highest BCUT2D eigenvalue weighted by atomic mass is 32.2. The highest BCUT2D eigenvalue weighted by Gasteiger charge is 2.30. The lowest BCUT2D eigenvalue weighted by molar-refractivity contribution is -0.204. The Labute approximate surface area is 187 Å². The maximum Gasteiger partial charge on any atom is 0.446 e. The highest BCUT2D eigenvalue weighted by molar-refractivity contribution is 8.00. The summed E-state index contributed by atoms with van der Waals surface area (Å²) in [6, 6.07) is 5.83. The minimum atomic E-state index is -4.30. The lowest BCUT2D eigenvalue weighted by atomic mass is 9.97. The van der Waals surface area contributed by atoms with Gasteiger partial charge in [0, 0.05) is 29.3 Å². The normalized spacial score (nSPS) is 16.3. The van der Waals surface area contributed by atoms with E-state index in [1.165, 1.54) is 24.3 Å². The Morgan fingerprint density at radius 1 is 1.19 bits per heavy atom. The van der Waals surface area contributed by atoms with E-state index < -0.39 is 10.9 Å². The van der Waals surface area contributed by atoms with Crippen LogP contribution in [0.2, 0.25) is 0 Å². The fraction of sp³-hybridized carbons (Fsp3) is 0.524. The van der Waals surface area contributed by atoms with Crippen LogP contribution in [-0.4, -0.2) is 34.6 Å². The maximum atomic E-state index is 12.4. The van der Waals surface area contributed by atoms with E-state index in [2.05, 4.69) is 4.98 Å². The van der Waals surface area contributed by atoms with Crippen molar-refractivity contribution in [2.45, 2.75) is 56.5 Å². The van der Waals surface area contributed by atoms with Gasteiger partial charge in [0.05, 0.1) is 16.1 Å². The third-order valence-corrected chi connectivity index (χ3v) is 6.44. The van der Waals surface area contributed by atoms with E-state index >= 15 is 0 Å². The van der Waals surface area contributed by atoms with Crippen molar-refractivity contribution in [3.63, 3.8) is 0 Å². The third-order valence-electron chi connectivity index (χ3n) is 4.64. The standard InChI is InChI=1S/C21H25F3N2O3S2/c1-20(2,3)19(27)29-26-10-8-14(9-11-26)18-25-15(13-30-18)12-28-16-4-6-17(7-5-16)31-21(22,23)24/h4-7,13-14H,8-12H2,1-3H3. The first-order valence-electron chi connectivity index (χ1n) is 9.90. The van der Waals surface area contributed by atoms with E-state index in [-0.39, 0.29) is 29.2 Å². The van der Waals surface area contributed by atoms with Crippen molar-refractivity contribution in [2.75, 3.05) is 13.1 Å². The maximum absolute atomic E-state index is 12.4. The first-order valence-corrected chi connectivity index (χ1v) is 11.6. The lowest BCUT2D eigenvalue weighted by Crippen LogP contribution is -2.38. The molecule has 1 aliphatic rings. The molecule has 1 aromatic heterocycles. The van der Waals surface area contributed by atoms with E-state index in [0.717, 1.165) is 23.5 Å². The van der Waals surface area contributed by atoms with Gasteiger partial charge in [-0.25, -0.2) is 9.78 Å². The van der Waals surface area contributed by atoms with E-state index in [4.69, 9.17) is 9.57 Å². The van der Waals surface area contributed by atoms with Crippen LogP contribution in [0.5, 0.6) is 5.75 Å². The number of benzene rings is 1. The number of hydrogen-bond acceptors (Lipinski definition) is 7. The van der Waals surface area contributed by atoms with Gasteiger partial charge in [-0.1, -0.05) is 0 Å². The molecule has 3 rings (SSSR count). The molecule has 1 fully saturated rings. The first kappa shape index (κ1) is 23.9. The van der Waals surface area contributed by atoms with Crippen molar-refractivity contribution < 1.29 is 27.5 Å². The van der Waals surface area contributed by atoms with Crippen molar-refractivity contribution in [3.05, 3.63) is 40.3 Å². The zero-order valence-electron chi connectivity index (χ0n) is 17.6. The number of thiazole rings is 1. The molecule has 0 amide bonds. The van der Waals surface area contributed by atoms with Gasteiger partial charge in [0.1, 0.15) is 12.4 Å². The quantitative estimate of drug-likeness (QED) is 0.478. The number of aromatic nitrogens is 1. The summed E-state index contributed by atoms with van der Waals surface area (Å²) in [7, 11) is 0. The number of hydroxylamine groups is 2. The molecule has 31 heavy (non-hydrogen) atoms. The second-order valence-corrected chi connectivity index (χ2v) is 10.3. The molecule has 0 atom stereocenters. The summed E-state index contributed by atoms with van der Waals surface area (Å²) in [4.78, 5) is 22.3. The molecular formula is C21H25F3N2O3S2. The number of alkyl halides is 3. The predicted octanol–water partition coefficient (Wildman–Crippen LogP) is 6.02. The lowest BCUT2D eigenvalue weighted by Gasteiger charge is -2.31. The van der Waals surface area contributed by atoms with E-state index in [1.807, 2.05) is 26.2 Å². The molecule has 0 bridgehead atoms. The predicted molar refractivity (Wildman–Crippen MR) is 114 cm³/mol. The minimum absolute atomic E-state index is 0.121. The second-order valence-electron chi connectivity index (χ2n) is 8.32. The van der Waals surface area contributed by atoms with Gasteiger partial charge in [0.2, 0.25) is 0 Å². The van der Waals surface area contributed by atoms with Crippen LogP contribution in [0, 0.1) is 5.41 Å². The summed E-state index contributed by atoms with van der Waals surface area (Å²) < 4.78 is 42.8. The number of rotatable bonds is 6. The van der Waals surface area contributed by atoms with Gasteiger partial charge in [-0.3, -0.25) is 0 Å². The van der Waals surface area contributed by atoms with Crippen LogP contribution in [0.4, 0.5) is 13.2 Å². The van der Waals surface area contributed by atoms with Crippen molar-refractivity contribution >= 4 is 29.1 Å². The van der Waals surface area contributed by atoms with Crippen LogP contribution in [0.25, 0.3) is 0 Å². The number of carbonyl (C=O) groups excluding carboxylic acids is 1. The van der Waals surface area contributed by atoms with Crippen LogP contribution in [0.3, 0.4) is 0 Å². The summed E-state index contributed by atoms with van der Waals surface area (Å²) in [5.74, 6) is 0.571. The fourth-order valence-electron chi connectivity index (χ4n) is 2.92. The molecule has 2 heterocycles. The van der Waals surface area contributed by atoms with Crippen LogP contribution in [0.15, 0.2) is 34.5 Å². The van der Waals surface area contributed by atoms with Crippen LogP contribution in [-0.2, 0) is 16.2 Å². The summed E-state index contributed by atoms with van der Waals surface area (Å²) >= 11 is 1.42. The number of hydrogen-bond donors (Lipinski definition) is 0. The molecule has 0 saturated carbocycles. The van der Waals surface area contributed by atoms with E-state index in [1.54, 1.807) is 16.4 Å². The largest absolute Gasteiger partial charge is 0.487 e. The van der Waals surface area contributed by atoms with Crippen molar-refractivity contribution in [1.29, 1.82) is 0 Å². The van der Waals surface area contributed by atoms with Crippen LogP contribution in [0.1, 0.15) is 50.2 Å². The van der Waals surface area contributed by atoms with Gasteiger partial charge in [-0.05, 0) is 69.6 Å². The number of nitrogens with zero attached hydrogens (tertiary/aromatic N) is 2. The molecule has 1 saturated heterocycles. The Balaban J connectivity index is 1.46. The van der Waals surface area contributed by atoms with Gasteiger partial charge in [-0.15, -0.1) is 16.4 Å². The van der Waals surface area contributed by atoms with Gasteiger partial charge in [0.15, 0.2) is 0 Å². The van der Waals surface area contributed by atoms with E-state index in [0.29, 0.717) is 24.8 Å². The molecule has 10 heteroatoms. The molecule has 170 valence electrons. The number of piperidine rings is 1. The molecule has 2 aromatic rings. The number of halogens is 3. The molecule has 0 unspecified atom stereocenters. The smallest absolute Gasteiger partial charge is 0.446 e. The zero-order chi connectivity index (χ0) is 22.6. The fourth-order valence-corrected chi connectivity index (χ4v) is 4.43. The Hall–Kier alpha value is -1.78. The molecule has 0 spiro atoms. The number of thioether (sulfide) groups is 1. The molecule has 0 N–H and O–H groups in total. The zero-order valence-corrected chi connectivity index (χ0v) is 19.2. The van der Waals surface area contributed by atoms with Gasteiger partial charge in [-0.2, -0.15) is 13.2 Å². The Bertz CT molecular complexity index is 871. The molecule has 5 nitrogen and oxygen atoms in total. The third kappa shape index (κ3) is 7.40. The summed E-state index contributed by atoms with van der Waals surface area (Å²) in [5.41, 5.74) is -4.04. The number of carbonyl (C=O) groups is 1. The molecule has 0 aliphatic carbocycles. The van der Waals surface area contributed by atoms with Crippen molar-refractivity contribution in [3.8, 4) is 5.75 Å². The molecule has 1 aliphatic heterocycles. The van der Waals surface area contributed by atoms with Crippen molar-refractivity contribution in [2.24, 2.45) is 5.41 Å². The SMILES string of the molecule is CC(C)(C)C(=O)ON1CCC(c2nc(COc3ccc(SC(F)(F)F)cc3)cs2)CC1. The Kier molecular flexibility index (Phi) is 7.54. The van der Waals surface area contributed by atoms with Gasteiger partial charge >= 0.3 is 11.5 Å². The first-order chi connectivity index (χ1) is 14.5. The molecule has 0 radical (unpaired) electrons. The Morgan fingerprint density at radius 3 is 2.42 bits per heavy atom. The summed E-state index contributed by atoms with van der Waals surface area (Å²) in [5, 5.41) is 4.69. The highest BCUT2D eigenvalue weighted by Crippen LogP contribution is 2.37. The van der Waals surface area contributed by atoms with Crippen LogP contribution < -0.4 is 4.74 Å². The van der Waals surface area contributed by atoms with Gasteiger partial charge in [0.25, 0.3) is 0 Å². The molecular weight excluding hydrogens is 449 g/mol. The van der Waals surface area contributed by atoms with Crippen molar-refractivity contribution in [1.82, 2.24) is 10.0 Å². The molecule has 1 aromatic carbocycles. The summed E-state index contributed by atoms with van der Waals surface area (Å²) in [6.45, 7) is 7.08. The second kappa shape index (κ2) is 9.79.